The highest BCUT2D eigenvalue weighted by Gasteiger charge is 2.21. The summed E-state index contributed by atoms with van der Waals surface area (Å²) >= 11 is 5.77. The van der Waals surface area contributed by atoms with Crippen LogP contribution in [0.5, 0.6) is 0 Å². The first-order chi connectivity index (χ1) is 7.31. The van der Waals surface area contributed by atoms with Gasteiger partial charge in [-0.3, -0.25) is 0 Å². The van der Waals surface area contributed by atoms with Gasteiger partial charge in [0.2, 0.25) is 0 Å². The van der Waals surface area contributed by atoms with Crippen molar-refractivity contribution >= 4 is 11.6 Å². The third-order valence-electron chi connectivity index (χ3n) is 3.49. The highest BCUT2D eigenvalue weighted by molar-refractivity contribution is 6.16. The van der Waals surface area contributed by atoms with Crippen LogP contribution in [0.1, 0.15) is 50.8 Å². The van der Waals surface area contributed by atoms with E-state index in [1.54, 1.807) is 0 Å². The molecule has 0 aromatic carbocycles. The molecule has 1 heterocycles. The molecule has 0 aliphatic heterocycles. The van der Waals surface area contributed by atoms with E-state index in [-0.39, 0.29) is 0 Å². The normalized spacial score (nSPS) is 27.6. The number of nitrogens with zero attached hydrogens (tertiary/aromatic N) is 2. The van der Waals surface area contributed by atoms with Gasteiger partial charge in [-0.05, 0) is 18.8 Å². The van der Waals surface area contributed by atoms with Gasteiger partial charge in [0.25, 0.3) is 0 Å². The molecule has 0 bridgehead atoms. The summed E-state index contributed by atoms with van der Waals surface area (Å²) in [7, 11) is 0. The molecule has 84 valence electrons. The second-order valence-electron chi connectivity index (χ2n) is 4.63. The lowest BCUT2D eigenvalue weighted by molar-refractivity contribution is 0.333. The van der Waals surface area contributed by atoms with Crippen molar-refractivity contribution < 1.29 is 0 Å². The number of hydrogen-bond donors (Lipinski definition) is 0. The van der Waals surface area contributed by atoms with Gasteiger partial charge < -0.3 is 4.57 Å². The van der Waals surface area contributed by atoms with Gasteiger partial charge in [0.15, 0.2) is 0 Å². The number of alkyl halides is 1. The van der Waals surface area contributed by atoms with E-state index >= 15 is 0 Å². The number of aromatic nitrogens is 2. The van der Waals surface area contributed by atoms with Gasteiger partial charge in [0.1, 0.15) is 0 Å². The minimum Gasteiger partial charge on any atom is -0.334 e. The summed E-state index contributed by atoms with van der Waals surface area (Å²) < 4.78 is 2.27. The zero-order valence-corrected chi connectivity index (χ0v) is 10.1. The monoisotopic (exact) mass is 226 g/mol. The first-order valence-electron chi connectivity index (χ1n) is 5.89. The van der Waals surface area contributed by atoms with Gasteiger partial charge in [-0.25, -0.2) is 4.98 Å². The van der Waals surface area contributed by atoms with E-state index in [4.69, 9.17) is 11.6 Å². The molecule has 0 saturated heterocycles. The largest absolute Gasteiger partial charge is 0.334 e. The first-order valence-corrected chi connectivity index (χ1v) is 6.43. The van der Waals surface area contributed by atoms with Gasteiger partial charge in [0.05, 0.1) is 17.9 Å². The smallest absolute Gasteiger partial charge is 0.0952 e. The Labute approximate surface area is 96.7 Å². The van der Waals surface area contributed by atoms with Crippen molar-refractivity contribution in [3.63, 3.8) is 0 Å². The molecular formula is C12H19ClN2. The predicted octanol–water partition coefficient (Wildman–Crippen LogP) is 3.76. The lowest BCUT2D eigenvalue weighted by Gasteiger charge is -2.22. The average molecular weight is 227 g/mol. The van der Waals surface area contributed by atoms with Crippen LogP contribution in [-0.4, -0.2) is 9.55 Å². The predicted molar refractivity (Wildman–Crippen MR) is 63.1 cm³/mol. The quantitative estimate of drug-likeness (QED) is 0.555. The maximum atomic E-state index is 5.77. The zero-order chi connectivity index (χ0) is 10.7. The molecule has 1 aromatic rings. The maximum Gasteiger partial charge on any atom is 0.0952 e. The molecule has 2 atom stereocenters. The molecule has 0 amide bonds. The van der Waals surface area contributed by atoms with Crippen LogP contribution >= 0.6 is 11.6 Å². The van der Waals surface area contributed by atoms with Crippen LogP contribution in [-0.2, 0) is 5.88 Å². The first kappa shape index (κ1) is 11.0. The van der Waals surface area contributed by atoms with Crippen LogP contribution < -0.4 is 0 Å². The topological polar surface area (TPSA) is 17.8 Å². The fraction of sp³-hybridized carbons (Fsp3) is 0.750. The molecule has 2 unspecified atom stereocenters. The van der Waals surface area contributed by atoms with Crippen LogP contribution in [0.2, 0.25) is 0 Å². The van der Waals surface area contributed by atoms with E-state index in [9.17, 15) is 0 Å². The Hall–Kier alpha value is -0.500. The Morgan fingerprint density at radius 2 is 2.20 bits per heavy atom. The molecular weight excluding hydrogens is 208 g/mol. The second kappa shape index (κ2) is 5.02. The van der Waals surface area contributed by atoms with Crippen LogP contribution in [0.15, 0.2) is 12.5 Å². The van der Waals surface area contributed by atoms with E-state index in [1.165, 1.54) is 32.1 Å². The van der Waals surface area contributed by atoms with Gasteiger partial charge in [-0.15, -0.1) is 11.6 Å². The van der Waals surface area contributed by atoms with E-state index in [0.29, 0.717) is 11.9 Å². The highest BCUT2D eigenvalue weighted by atomic mass is 35.5. The number of imidazole rings is 1. The molecule has 0 radical (unpaired) electrons. The van der Waals surface area contributed by atoms with Crippen molar-refractivity contribution in [2.24, 2.45) is 5.92 Å². The summed E-state index contributed by atoms with van der Waals surface area (Å²) in [6, 6.07) is 0.636. The van der Waals surface area contributed by atoms with Crippen molar-refractivity contribution in [3.05, 3.63) is 18.2 Å². The Kier molecular flexibility index (Phi) is 3.68. The van der Waals surface area contributed by atoms with Crippen LogP contribution in [0.25, 0.3) is 0 Å². The van der Waals surface area contributed by atoms with Crippen molar-refractivity contribution in [1.29, 1.82) is 0 Å². The summed E-state index contributed by atoms with van der Waals surface area (Å²) in [5.74, 6) is 1.29. The Morgan fingerprint density at radius 3 is 2.93 bits per heavy atom. The molecule has 15 heavy (non-hydrogen) atoms. The fourth-order valence-corrected chi connectivity index (χ4v) is 2.68. The summed E-state index contributed by atoms with van der Waals surface area (Å²) in [5.41, 5.74) is 0.994. The van der Waals surface area contributed by atoms with E-state index in [1.807, 2.05) is 6.33 Å². The van der Waals surface area contributed by atoms with Crippen LogP contribution in [0.4, 0.5) is 0 Å². The minimum atomic E-state index is 0.522. The highest BCUT2D eigenvalue weighted by Crippen LogP contribution is 2.32. The van der Waals surface area contributed by atoms with Crippen molar-refractivity contribution in [2.45, 2.75) is 50.9 Å². The van der Waals surface area contributed by atoms with Crippen LogP contribution in [0.3, 0.4) is 0 Å². The SMILES string of the molecule is CC1CCCCCC1n1cnc(CCl)c1. The summed E-state index contributed by atoms with van der Waals surface area (Å²) in [5, 5.41) is 0. The van der Waals surface area contributed by atoms with Gasteiger partial charge >= 0.3 is 0 Å². The molecule has 3 heteroatoms. The molecule has 1 aliphatic rings. The lowest BCUT2D eigenvalue weighted by Crippen LogP contribution is -2.14. The minimum absolute atomic E-state index is 0.522. The van der Waals surface area contributed by atoms with Gasteiger partial charge in [0, 0.05) is 12.2 Å². The average Bonchev–Trinajstić information content (AvgIpc) is 2.62. The molecule has 0 spiro atoms. The number of halogens is 1. The molecule has 2 rings (SSSR count). The molecule has 1 aromatic heterocycles. The summed E-state index contributed by atoms with van der Waals surface area (Å²) in [6.07, 6.45) is 10.8. The summed E-state index contributed by atoms with van der Waals surface area (Å²) in [6.45, 7) is 2.36. The molecule has 1 aliphatic carbocycles. The maximum absolute atomic E-state index is 5.77. The molecule has 1 saturated carbocycles. The third-order valence-corrected chi connectivity index (χ3v) is 3.76. The van der Waals surface area contributed by atoms with Gasteiger partial charge in [-0.2, -0.15) is 0 Å². The van der Waals surface area contributed by atoms with E-state index in [2.05, 4.69) is 22.7 Å². The third kappa shape index (κ3) is 2.54. The number of rotatable bonds is 2. The van der Waals surface area contributed by atoms with Crippen molar-refractivity contribution in [1.82, 2.24) is 9.55 Å². The Bertz CT molecular complexity index is 308. The number of hydrogen-bond acceptors (Lipinski definition) is 1. The summed E-state index contributed by atoms with van der Waals surface area (Å²) in [4.78, 5) is 4.31. The van der Waals surface area contributed by atoms with Crippen molar-refractivity contribution in [3.8, 4) is 0 Å². The molecule has 2 nitrogen and oxygen atoms in total. The standard InChI is InChI=1S/C12H19ClN2/c1-10-5-3-2-4-6-12(10)15-8-11(7-13)14-9-15/h8-10,12H,2-7H2,1H3. The Balaban J connectivity index is 2.12. The van der Waals surface area contributed by atoms with Gasteiger partial charge in [-0.1, -0.05) is 26.2 Å². The van der Waals surface area contributed by atoms with Crippen molar-refractivity contribution in [2.75, 3.05) is 0 Å². The molecule has 0 N–H and O–H groups in total. The zero-order valence-electron chi connectivity index (χ0n) is 9.32. The molecule has 1 fully saturated rings. The lowest BCUT2D eigenvalue weighted by atomic mass is 9.97. The Morgan fingerprint density at radius 1 is 1.40 bits per heavy atom. The van der Waals surface area contributed by atoms with E-state index in [0.717, 1.165) is 11.6 Å². The van der Waals surface area contributed by atoms with Crippen LogP contribution in [0, 0.1) is 5.92 Å². The second-order valence-corrected chi connectivity index (χ2v) is 4.90. The van der Waals surface area contributed by atoms with E-state index < -0.39 is 0 Å². The fourth-order valence-electron chi connectivity index (χ4n) is 2.55.